The van der Waals surface area contributed by atoms with Crippen LogP contribution in [-0.2, 0) is 0 Å². The second-order valence-corrected chi connectivity index (χ2v) is 12.5. The van der Waals surface area contributed by atoms with Crippen molar-refractivity contribution in [2.45, 2.75) is 88.8 Å². The molecule has 0 N–H and O–H groups in total. The van der Waals surface area contributed by atoms with Crippen LogP contribution in [0.25, 0.3) is 0 Å². The summed E-state index contributed by atoms with van der Waals surface area (Å²) in [5, 5.41) is 0. The van der Waals surface area contributed by atoms with Gasteiger partial charge < -0.3 is 0 Å². The van der Waals surface area contributed by atoms with Crippen LogP contribution in [0.5, 0.6) is 0 Å². The van der Waals surface area contributed by atoms with E-state index in [0.29, 0.717) is 11.8 Å². The first kappa shape index (κ1) is 21.4. The van der Waals surface area contributed by atoms with E-state index in [4.69, 9.17) is 0 Å². The highest BCUT2D eigenvalue weighted by Gasteiger charge is 2.21. The topological polar surface area (TPSA) is 0 Å². The van der Waals surface area contributed by atoms with E-state index in [1.165, 1.54) is 63.4 Å². The number of allylic oxidation sites excluding steroid dienone is 2. The van der Waals surface area contributed by atoms with E-state index in [9.17, 15) is 4.39 Å². The third-order valence-electron chi connectivity index (χ3n) is 6.92. The Morgan fingerprint density at radius 1 is 1.00 bits per heavy atom. The Bertz CT molecular complexity index is 650. The number of unbranched alkanes of at least 4 members (excludes halogenated alkanes) is 2. The summed E-state index contributed by atoms with van der Waals surface area (Å²) >= 11 is 0. The molecule has 0 amide bonds. The fourth-order valence-corrected chi connectivity index (χ4v) is 8.54. The highest BCUT2D eigenvalue weighted by Crippen LogP contribution is 2.35. The zero-order valence-electron chi connectivity index (χ0n) is 17.6. The summed E-state index contributed by atoms with van der Waals surface area (Å²) in [6, 6.07) is 11.8. The van der Waals surface area contributed by atoms with E-state index in [2.05, 4.69) is 30.9 Å². The molecule has 2 heteroatoms. The lowest BCUT2D eigenvalue weighted by Crippen LogP contribution is -2.20. The van der Waals surface area contributed by atoms with Crippen LogP contribution in [0.2, 0.25) is 18.1 Å². The lowest BCUT2D eigenvalue weighted by molar-refractivity contribution is 0.384. The zero-order valence-corrected chi connectivity index (χ0v) is 18.8. The van der Waals surface area contributed by atoms with Crippen LogP contribution in [0, 0.1) is 29.5 Å². The highest BCUT2D eigenvalue weighted by atomic mass is 28.3. The molecule has 0 atom stereocenters. The van der Waals surface area contributed by atoms with E-state index in [0.717, 1.165) is 5.92 Å². The van der Waals surface area contributed by atoms with Crippen molar-refractivity contribution in [2.75, 3.05) is 0 Å². The van der Waals surface area contributed by atoms with Crippen molar-refractivity contribution >= 4 is 8.80 Å². The molecule has 1 saturated carbocycles. The summed E-state index contributed by atoms with van der Waals surface area (Å²) in [5.41, 5.74) is 1.29. The van der Waals surface area contributed by atoms with Crippen LogP contribution in [0.15, 0.2) is 36.4 Å². The van der Waals surface area contributed by atoms with Gasteiger partial charge in [-0.3, -0.25) is 0 Å². The minimum atomic E-state index is -0.386. The molecule has 1 heterocycles. The summed E-state index contributed by atoms with van der Waals surface area (Å²) < 4.78 is 13.1. The van der Waals surface area contributed by atoms with Crippen LogP contribution in [0.1, 0.15) is 76.2 Å². The maximum Gasteiger partial charge on any atom is 0.123 e. The van der Waals surface area contributed by atoms with Crippen LogP contribution >= 0.6 is 0 Å². The van der Waals surface area contributed by atoms with Crippen molar-refractivity contribution in [1.29, 1.82) is 0 Å². The molecular weight excluding hydrogens is 359 g/mol. The van der Waals surface area contributed by atoms with Gasteiger partial charge in [0.05, 0.1) is 0 Å². The predicted octanol–water partition coefficient (Wildman–Crippen LogP) is 7.49. The Labute approximate surface area is 173 Å². The van der Waals surface area contributed by atoms with Gasteiger partial charge in [-0.05, 0) is 74.1 Å². The summed E-state index contributed by atoms with van der Waals surface area (Å²) in [7, 11) is -0.386. The Hall–Kier alpha value is -1.33. The van der Waals surface area contributed by atoms with Crippen molar-refractivity contribution in [3.8, 4) is 11.8 Å². The Balaban J connectivity index is 1.35. The molecule has 0 radical (unpaired) electrons. The molecule has 0 bridgehead atoms. The minimum Gasteiger partial charge on any atom is -0.207 e. The minimum absolute atomic E-state index is 0.137. The molecule has 3 rings (SSSR count). The molecule has 152 valence electrons. The van der Waals surface area contributed by atoms with Gasteiger partial charge in [-0.1, -0.05) is 74.4 Å². The van der Waals surface area contributed by atoms with Crippen LogP contribution in [-0.4, -0.2) is 8.80 Å². The van der Waals surface area contributed by atoms with E-state index in [1.54, 1.807) is 30.3 Å². The molecule has 0 nitrogen and oxygen atoms in total. The summed E-state index contributed by atoms with van der Waals surface area (Å²) in [4.78, 5) is 0. The van der Waals surface area contributed by atoms with Gasteiger partial charge >= 0.3 is 0 Å². The summed E-state index contributed by atoms with van der Waals surface area (Å²) in [6.07, 6.45) is 16.4. The Kier molecular flexibility index (Phi) is 8.87. The number of benzene rings is 1. The maximum atomic E-state index is 13.1. The lowest BCUT2D eigenvalue weighted by atomic mass is 9.79. The third-order valence-corrected chi connectivity index (χ3v) is 10.4. The maximum absolute atomic E-state index is 13.1. The monoisotopic (exact) mass is 396 g/mol. The van der Waals surface area contributed by atoms with Crippen LogP contribution in [0.3, 0.4) is 0 Å². The van der Waals surface area contributed by atoms with Crippen molar-refractivity contribution < 1.29 is 4.39 Å². The van der Waals surface area contributed by atoms with Crippen LogP contribution < -0.4 is 0 Å². The second-order valence-electron chi connectivity index (χ2n) is 9.02. The smallest absolute Gasteiger partial charge is 0.123 e. The first-order valence-corrected chi connectivity index (χ1v) is 14.1. The van der Waals surface area contributed by atoms with Crippen molar-refractivity contribution in [3.05, 3.63) is 47.8 Å². The molecule has 28 heavy (non-hydrogen) atoms. The predicted molar refractivity (Wildman–Crippen MR) is 122 cm³/mol. The van der Waals surface area contributed by atoms with Gasteiger partial charge in [0.25, 0.3) is 0 Å². The number of hydrogen-bond donors (Lipinski definition) is 0. The van der Waals surface area contributed by atoms with Gasteiger partial charge in [-0.2, -0.15) is 0 Å². The normalized spacial score (nSPS) is 28.1. The van der Waals surface area contributed by atoms with Gasteiger partial charge in [-0.15, -0.1) is 0 Å². The fraction of sp³-hybridized carbons (Fsp3) is 0.615. The average molecular weight is 397 g/mol. The largest absolute Gasteiger partial charge is 0.207 e. The quantitative estimate of drug-likeness (QED) is 0.265. The van der Waals surface area contributed by atoms with Crippen molar-refractivity contribution in [2.24, 2.45) is 11.8 Å². The SMILES string of the molecule is CCCCC[SiH]1CCC(C=CC#CC2CCC(c3ccc(F)cc3)CC2)CC1. The molecule has 0 unspecified atom stereocenters. The molecule has 0 aromatic heterocycles. The Morgan fingerprint density at radius 3 is 2.39 bits per heavy atom. The molecule has 1 saturated heterocycles. The number of halogens is 1. The standard InChI is InChI=1S/C26H37FSi/c1-2-3-6-19-28-20-17-23(18-21-28)8-5-4-7-22-9-11-24(12-10-22)25-13-15-26(27)16-14-25/h5,8,13-16,22-24,28H,2-3,6,9-12,17-21H2,1H3. The molecule has 1 aromatic carbocycles. The molecule has 1 aliphatic carbocycles. The lowest BCUT2D eigenvalue weighted by Gasteiger charge is -2.26. The van der Waals surface area contributed by atoms with E-state index < -0.39 is 0 Å². The molecule has 1 aromatic rings. The average Bonchev–Trinajstić information content (AvgIpc) is 2.73. The zero-order chi connectivity index (χ0) is 19.6. The van der Waals surface area contributed by atoms with E-state index >= 15 is 0 Å². The van der Waals surface area contributed by atoms with Crippen LogP contribution in [0.4, 0.5) is 4.39 Å². The second kappa shape index (κ2) is 11.6. The van der Waals surface area contributed by atoms with Gasteiger partial charge in [0, 0.05) is 14.7 Å². The molecule has 2 aliphatic rings. The fourth-order valence-electron chi connectivity index (χ4n) is 5.01. The van der Waals surface area contributed by atoms with Crippen molar-refractivity contribution in [1.82, 2.24) is 0 Å². The summed E-state index contributed by atoms with van der Waals surface area (Å²) in [5.74, 6) is 8.63. The molecular formula is C26H37FSi. The number of hydrogen-bond acceptors (Lipinski definition) is 0. The molecule has 2 fully saturated rings. The van der Waals surface area contributed by atoms with Gasteiger partial charge in [0.2, 0.25) is 0 Å². The third kappa shape index (κ3) is 6.93. The Morgan fingerprint density at radius 2 is 1.71 bits per heavy atom. The molecule has 1 aliphatic heterocycles. The first-order valence-electron chi connectivity index (χ1n) is 11.7. The summed E-state index contributed by atoms with van der Waals surface area (Å²) in [6.45, 7) is 2.31. The van der Waals surface area contributed by atoms with Crippen molar-refractivity contribution in [3.63, 3.8) is 0 Å². The first-order chi connectivity index (χ1) is 13.7. The molecule has 0 spiro atoms. The van der Waals surface area contributed by atoms with Gasteiger partial charge in [0.1, 0.15) is 5.82 Å². The van der Waals surface area contributed by atoms with E-state index in [-0.39, 0.29) is 14.6 Å². The van der Waals surface area contributed by atoms with E-state index in [1.807, 2.05) is 12.1 Å². The van der Waals surface area contributed by atoms with Gasteiger partial charge in [-0.25, -0.2) is 4.39 Å². The highest BCUT2D eigenvalue weighted by molar-refractivity contribution is 6.58. The number of rotatable bonds is 6. The van der Waals surface area contributed by atoms with Gasteiger partial charge in [0.15, 0.2) is 0 Å².